The summed E-state index contributed by atoms with van der Waals surface area (Å²) in [6.45, 7) is 6.36. The van der Waals surface area contributed by atoms with Gasteiger partial charge >= 0.3 is 0 Å². The molecule has 1 aromatic heterocycles. The number of rotatable bonds is 2. The van der Waals surface area contributed by atoms with E-state index < -0.39 is 17.2 Å². The van der Waals surface area contributed by atoms with Gasteiger partial charge in [-0.1, -0.05) is 4.49 Å². The summed E-state index contributed by atoms with van der Waals surface area (Å²) < 4.78 is 9.89. The summed E-state index contributed by atoms with van der Waals surface area (Å²) in [6.07, 6.45) is 1.76. The van der Waals surface area contributed by atoms with Crippen LogP contribution in [0.5, 0.6) is 0 Å². The molecule has 0 unspecified atom stereocenters. The molecule has 2 saturated heterocycles. The van der Waals surface area contributed by atoms with E-state index in [0.29, 0.717) is 42.9 Å². The number of aryl methyl sites for hydroxylation is 1. The Morgan fingerprint density at radius 1 is 1.40 bits per heavy atom. The third-order valence-electron chi connectivity index (χ3n) is 5.17. The van der Waals surface area contributed by atoms with Crippen molar-refractivity contribution >= 4 is 23.3 Å². The Bertz CT molecular complexity index is 667. The molecular weight excluding hydrogens is 344 g/mol. The number of carbonyl (C=O) groups is 2. The summed E-state index contributed by atoms with van der Waals surface area (Å²) >= 11 is 1.12. The molecule has 25 heavy (non-hydrogen) atoms. The fraction of sp³-hybridized carbons (Fsp3) is 0.750. The Balaban J connectivity index is 1.63. The van der Waals surface area contributed by atoms with Crippen molar-refractivity contribution in [3.8, 4) is 0 Å². The smallest absolute Gasteiger partial charge is 0.267 e. The molecule has 0 saturated carbocycles. The largest absolute Gasteiger partial charge is 0.388 e. The van der Waals surface area contributed by atoms with Crippen LogP contribution in [0, 0.1) is 6.92 Å². The van der Waals surface area contributed by atoms with E-state index in [-0.39, 0.29) is 18.4 Å². The first-order valence-corrected chi connectivity index (χ1v) is 9.21. The molecule has 0 aromatic carbocycles. The predicted octanol–water partition coefficient (Wildman–Crippen LogP) is 0.497. The zero-order valence-electron chi connectivity index (χ0n) is 14.7. The maximum atomic E-state index is 12.6. The summed E-state index contributed by atoms with van der Waals surface area (Å²) in [5, 5.41) is 17.4. The molecular formula is C16H24N4O4S. The SMILES string of the molecule is CC(=O)N[C@H]1COC2(CCN(C(=O)c3snnc3C)CC2)C[C@]1(C)O. The molecule has 3 heterocycles. The van der Waals surface area contributed by atoms with Gasteiger partial charge < -0.3 is 20.1 Å². The minimum Gasteiger partial charge on any atom is -0.388 e. The van der Waals surface area contributed by atoms with Crippen LogP contribution in [0.4, 0.5) is 0 Å². The van der Waals surface area contributed by atoms with Gasteiger partial charge in [0.05, 0.1) is 29.5 Å². The second-order valence-corrected chi connectivity index (χ2v) is 8.01. The van der Waals surface area contributed by atoms with Gasteiger partial charge in [0.15, 0.2) is 0 Å². The zero-order chi connectivity index (χ0) is 18.2. The van der Waals surface area contributed by atoms with Crippen molar-refractivity contribution in [2.45, 2.75) is 57.3 Å². The van der Waals surface area contributed by atoms with Crippen molar-refractivity contribution in [3.05, 3.63) is 10.6 Å². The maximum Gasteiger partial charge on any atom is 0.267 e. The van der Waals surface area contributed by atoms with Crippen molar-refractivity contribution in [1.82, 2.24) is 19.8 Å². The number of hydrogen-bond donors (Lipinski definition) is 2. The average molecular weight is 368 g/mol. The Kier molecular flexibility index (Phi) is 4.82. The first-order valence-electron chi connectivity index (χ1n) is 8.44. The van der Waals surface area contributed by atoms with Gasteiger partial charge in [-0.15, -0.1) is 5.10 Å². The van der Waals surface area contributed by atoms with Crippen LogP contribution in [-0.4, -0.2) is 68.3 Å². The van der Waals surface area contributed by atoms with Crippen LogP contribution in [0.2, 0.25) is 0 Å². The Morgan fingerprint density at radius 3 is 2.60 bits per heavy atom. The molecule has 2 aliphatic rings. The lowest BCUT2D eigenvalue weighted by Gasteiger charge is -2.51. The standard InChI is InChI=1S/C16H24N4O4S/c1-10-13(25-19-18-10)14(22)20-6-4-16(5-7-20)9-15(3,23)12(8-24-16)17-11(2)21/h12,23H,4-9H2,1-3H3,(H,17,21)/t12-,15-/m0/s1. The van der Waals surface area contributed by atoms with E-state index in [1.54, 1.807) is 18.7 Å². The normalized spacial score (nSPS) is 28.8. The van der Waals surface area contributed by atoms with E-state index in [1.807, 2.05) is 0 Å². The highest BCUT2D eigenvalue weighted by Gasteiger charge is 2.49. The van der Waals surface area contributed by atoms with Crippen LogP contribution >= 0.6 is 11.5 Å². The van der Waals surface area contributed by atoms with E-state index in [1.165, 1.54) is 6.92 Å². The van der Waals surface area contributed by atoms with Crippen molar-refractivity contribution in [2.24, 2.45) is 0 Å². The van der Waals surface area contributed by atoms with Gasteiger partial charge in [-0.05, 0) is 38.2 Å². The molecule has 2 N–H and O–H groups in total. The van der Waals surface area contributed by atoms with E-state index in [2.05, 4.69) is 14.9 Å². The highest BCUT2D eigenvalue weighted by Crippen LogP contribution is 2.40. The number of aromatic nitrogens is 2. The summed E-state index contributed by atoms with van der Waals surface area (Å²) in [5.41, 5.74) is -0.824. The van der Waals surface area contributed by atoms with Crippen LogP contribution in [0.1, 0.15) is 48.5 Å². The van der Waals surface area contributed by atoms with Crippen LogP contribution < -0.4 is 5.32 Å². The lowest BCUT2D eigenvalue weighted by Crippen LogP contribution is -2.64. The number of piperidine rings is 1. The Labute approximate surface area is 150 Å². The summed E-state index contributed by atoms with van der Waals surface area (Å²) in [5.74, 6) is -0.222. The van der Waals surface area contributed by atoms with Crippen LogP contribution in [0.25, 0.3) is 0 Å². The first-order chi connectivity index (χ1) is 11.7. The summed E-state index contributed by atoms with van der Waals surface area (Å²) in [6, 6.07) is -0.416. The number of likely N-dealkylation sites (tertiary alicyclic amines) is 1. The average Bonchev–Trinajstić information content (AvgIpc) is 2.96. The molecule has 0 bridgehead atoms. The third-order valence-corrected chi connectivity index (χ3v) is 5.99. The summed E-state index contributed by atoms with van der Waals surface area (Å²) in [4.78, 5) is 26.2. The van der Waals surface area contributed by atoms with Crippen molar-refractivity contribution in [3.63, 3.8) is 0 Å². The number of ether oxygens (including phenoxy) is 1. The number of carbonyl (C=O) groups excluding carboxylic acids is 2. The second-order valence-electron chi connectivity index (χ2n) is 7.26. The predicted molar refractivity (Wildman–Crippen MR) is 91.3 cm³/mol. The van der Waals surface area contributed by atoms with Gasteiger partial charge in [0.1, 0.15) is 4.88 Å². The van der Waals surface area contributed by atoms with Crippen molar-refractivity contribution < 1.29 is 19.4 Å². The molecule has 0 radical (unpaired) electrons. The van der Waals surface area contributed by atoms with Gasteiger partial charge in [0.2, 0.25) is 5.91 Å². The number of aliphatic hydroxyl groups is 1. The minimum absolute atomic E-state index is 0.0407. The van der Waals surface area contributed by atoms with Crippen molar-refractivity contribution in [2.75, 3.05) is 19.7 Å². The third kappa shape index (κ3) is 3.68. The number of amides is 2. The van der Waals surface area contributed by atoms with E-state index in [9.17, 15) is 14.7 Å². The Hall–Kier alpha value is -1.58. The van der Waals surface area contributed by atoms with E-state index >= 15 is 0 Å². The molecule has 138 valence electrons. The molecule has 9 heteroatoms. The quantitative estimate of drug-likeness (QED) is 0.788. The van der Waals surface area contributed by atoms with E-state index in [4.69, 9.17) is 4.74 Å². The molecule has 8 nitrogen and oxygen atoms in total. The molecule has 0 aliphatic carbocycles. The fourth-order valence-corrected chi connectivity index (χ4v) is 4.34. The molecule has 2 atom stereocenters. The van der Waals surface area contributed by atoms with Crippen LogP contribution in [0.3, 0.4) is 0 Å². The monoisotopic (exact) mass is 368 g/mol. The molecule has 2 aliphatic heterocycles. The lowest BCUT2D eigenvalue weighted by atomic mass is 9.75. The zero-order valence-corrected chi connectivity index (χ0v) is 15.6. The van der Waals surface area contributed by atoms with Gasteiger partial charge in [-0.3, -0.25) is 9.59 Å². The molecule has 1 aromatic rings. The maximum absolute atomic E-state index is 12.6. The van der Waals surface area contributed by atoms with Gasteiger partial charge in [0.25, 0.3) is 5.91 Å². The van der Waals surface area contributed by atoms with Crippen LogP contribution in [0.15, 0.2) is 0 Å². The van der Waals surface area contributed by atoms with Crippen molar-refractivity contribution in [1.29, 1.82) is 0 Å². The summed E-state index contributed by atoms with van der Waals surface area (Å²) in [7, 11) is 0. The minimum atomic E-state index is -1.03. The highest BCUT2D eigenvalue weighted by atomic mass is 32.1. The first kappa shape index (κ1) is 18.2. The number of nitrogens with zero attached hydrogens (tertiary/aromatic N) is 3. The number of nitrogens with one attached hydrogen (secondary N) is 1. The molecule has 2 amide bonds. The second kappa shape index (κ2) is 6.62. The lowest BCUT2D eigenvalue weighted by molar-refractivity contribution is -0.187. The molecule has 2 fully saturated rings. The number of hydrogen-bond acceptors (Lipinski definition) is 7. The Morgan fingerprint density at radius 2 is 2.08 bits per heavy atom. The van der Waals surface area contributed by atoms with Gasteiger partial charge in [0, 0.05) is 26.4 Å². The molecule has 1 spiro atoms. The van der Waals surface area contributed by atoms with E-state index in [0.717, 1.165) is 11.5 Å². The highest BCUT2D eigenvalue weighted by molar-refractivity contribution is 7.07. The topological polar surface area (TPSA) is 105 Å². The van der Waals surface area contributed by atoms with Gasteiger partial charge in [-0.2, -0.15) is 0 Å². The fourth-order valence-electron chi connectivity index (χ4n) is 3.72. The van der Waals surface area contributed by atoms with Gasteiger partial charge in [-0.25, -0.2) is 0 Å². The van der Waals surface area contributed by atoms with Crippen LogP contribution in [-0.2, 0) is 9.53 Å². The molecule has 3 rings (SSSR count).